The van der Waals surface area contributed by atoms with Gasteiger partial charge < -0.3 is 9.84 Å². The highest BCUT2D eigenvalue weighted by molar-refractivity contribution is 5.87. The zero-order valence-electron chi connectivity index (χ0n) is 20.1. The second-order valence-corrected chi connectivity index (χ2v) is 8.66. The molecule has 0 heterocycles. The number of carbonyl (C=O) groups is 1. The molecule has 0 atom stereocenters. The van der Waals surface area contributed by atoms with Crippen LogP contribution < -0.4 is 0 Å². The van der Waals surface area contributed by atoms with E-state index in [1.807, 2.05) is 54.6 Å². The second kappa shape index (κ2) is 12.3. The van der Waals surface area contributed by atoms with Gasteiger partial charge in [0.25, 0.3) is 0 Å². The molecule has 178 valence electrons. The molecule has 0 aliphatic rings. The summed E-state index contributed by atoms with van der Waals surface area (Å²) in [7, 11) is 0. The van der Waals surface area contributed by atoms with Crippen molar-refractivity contribution in [1.82, 2.24) is 0 Å². The van der Waals surface area contributed by atoms with Crippen LogP contribution >= 0.6 is 0 Å². The number of aryl methyl sites for hydroxylation is 1. The molecular weight excluding hydrogens is 427 g/mol. The highest BCUT2D eigenvalue weighted by Gasteiger charge is 2.11. The lowest BCUT2D eigenvalue weighted by Gasteiger charge is -2.13. The SMILES string of the molecule is C=C(C)C(=O)OCc1cc(-c2ccc(-c3ccc(CCCCC)cc3F)cc2)ccc1CCO. The van der Waals surface area contributed by atoms with Crippen LogP contribution in [0.5, 0.6) is 0 Å². The van der Waals surface area contributed by atoms with Crippen molar-refractivity contribution in [3.05, 3.63) is 95.3 Å². The molecule has 3 aromatic rings. The first-order chi connectivity index (χ1) is 16.4. The summed E-state index contributed by atoms with van der Waals surface area (Å²) in [5, 5.41) is 9.38. The highest BCUT2D eigenvalue weighted by atomic mass is 19.1. The topological polar surface area (TPSA) is 46.5 Å². The van der Waals surface area contributed by atoms with E-state index < -0.39 is 5.97 Å². The first-order valence-electron chi connectivity index (χ1n) is 11.9. The Labute approximate surface area is 201 Å². The number of hydrogen-bond donors (Lipinski definition) is 1. The predicted molar refractivity (Wildman–Crippen MR) is 136 cm³/mol. The normalized spacial score (nSPS) is 10.8. The lowest BCUT2D eigenvalue weighted by atomic mass is 9.95. The van der Waals surface area contributed by atoms with E-state index in [4.69, 9.17) is 4.74 Å². The molecular formula is C30H33FO3. The molecule has 1 N–H and O–H groups in total. The van der Waals surface area contributed by atoms with Gasteiger partial charge in [-0.1, -0.05) is 74.9 Å². The van der Waals surface area contributed by atoms with Gasteiger partial charge in [0, 0.05) is 17.7 Å². The van der Waals surface area contributed by atoms with Crippen molar-refractivity contribution in [1.29, 1.82) is 0 Å². The molecule has 0 spiro atoms. The van der Waals surface area contributed by atoms with Gasteiger partial charge in [-0.3, -0.25) is 0 Å². The quantitative estimate of drug-likeness (QED) is 0.189. The molecule has 0 amide bonds. The molecule has 0 fully saturated rings. The Morgan fingerprint density at radius 1 is 0.912 bits per heavy atom. The summed E-state index contributed by atoms with van der Waals surface area (Å²) >= 11 is 0. The molecule has 0 radical (unpaired) electrons. The molecule has 0 aliphatic carbocycles. The van der Waals surface area contributed by atoms with Crippen molar-refractivity contribution in [3.63, 3.8) is 0 Å². The summed E-state index contributed by atoms with van der Waals surface area (Å²) in [6.45, 7) is 7.51. The fourth-order valence-corrected chi connectivity index (χ4v) is 3.94. The standard InChI is InChI=1S/C30H33FO3/c1-4-5-6-7-22-8-15-28(29(31)18-22)25-12-9-23(10-13-25)26-14-11-24(16-17-32)27(19-26)20-34-30(33)21(2)3/h8-15,18-19,32H,2,4-7,16-17,20H2,1,3H3. The van der Waals surface area contributed by atoms with Crippen LogP contribution in [-0.2, 0) is 29.0 Å². The fourth-order valence-electron chi connectivity index (χ4n) is 3.94. The highest BCUT2D eigenvalue weighted by Crippen LogP contribution is 2.29. The molecule has 3 aromatic carbocycles. The number of rotatable bonds is 11. The summed E-state index contributed by atoms with van der Waals surface area (Å²) < 4.78 is 20.1. The molecule has 3 nitrogen and oxygen atoms in total. The summed E-state index contributed by atoms with van der Waals surface area (Å²) in [5.41, 5.74) is 6.51. The first kappa shape index (κ1) is 25.4. The van der Waals surface area contributed by atoms with Gasteiger partial charge in [0.15, 0.2) is 0 Å². The van der Waals surface area contributed by atoms with Crippen LogP contribution in [0.15, 0.2) is 72.8 Å². The van der Waals surface area contributed by atoms with Gasteiger partial charge in [0.05, 0.1) is 0 Å². The Morgan fingerprint density at radius 2 is 1.62 bits per heavy atom. The minimum absolute atomic E-state index is 0.0123. The van der Waals surface area contributed by atoms with Crippen LogP contribution in [0, 0.1) is 5.82 Å². The number of ether oxygens (including phenoxy) is 1. The predicted octanol–water partition coefficient (Wildman–Crippen LogP) is 7.05. The molecule has 0 saturated heterocycles. The van der Waals surface area contributed by atoms with Crippen LogP contribution in [0.4, 0.5) is 4.39 Å². The van der Waals surface area contributed by atoms with Crippen LogP contribution in [-0.4, -0.2) is 17.7 Å². The van der Waals surface area contributed by atoms with Gasteiger partial charge in [0.1, 0.15) is 12.4 Å². The Balaban J connectivity index is 1.80. The molecule has 0 unspecified atom stereocenters. The minimum Gasteiger partial charge on any atom is -0.457 e. The smallest absolute Gasteiger partial charge is 0.333 e. The molecule has 0 bridgehead atoms. The molecule has 34 heavy (non-hydrogen) atoms. The van der Waals surface area contributed by atoms with E-state index in [9.17, 15) is 14.3 Å². The Morgan fingerprint density at radius 3 is 2.26 bits per heavy atom. The lowest BCUT2D eigenvalue weighted by molar-refractivity contribution is -0.140. The Bertz CT molecular complexity index is 1130. The van der Waals surface area contributed by atoms with Gasteiger partial charge in [-0.25, -0.2) is 9.18 Å². The van der Waals surface area contributed by atoms with E-state index in [1.165, 1.54) is 0 Å². The van der Waals surface area contributed by atoms with Gasteiger partial charge in [-0.05, 0) is 71.7 Å². The summed E-state index contributed by atoms with van der Waals surface area (Å²) in [5.74, 6) is -0.639. The maximum absolute atomic E-state index is 14.8. The summed E-state index contributed by atoms with van der Waals surface area (Å²) in [6.07, 6.45) is 4.77. The molecule has 0 aromatic heterocycles. The first-order valence-corrected chi connectivity index (χ1v) is 11.9. The molecule has 3 rings (SSSR count). The van der Waals surface area contributed by atoms with Crippen molar-refractivity contribution in [3.8, 4) is 22.3 Å². The molecule has 4 heteroatoms. The zero-order valence-corrected chi connectivity index (χ0v) is 20.1. The number of halogens is 1. The van der Waals surface area contributed by atoms with Gasteiger partial charge in [-0.15, -0.1) is 0 Å². The Kier molecular flexibility index (Phi) is 9.17. The van der Waals surface area contributed by atoms with E-state index in [0.717, 1.165) is 59.1 Å². The number of aliphatic hydroxyl groups excluding tert-OH is 1. The largest absolute Gasteiger partial charge is 0.457 e. The van der Waals surface area contributed by atoms with Crippen molar-refractivity contribution in [2.24, 2.45) is 0 Å². The van der Waals surface area contributed by atoms with Gasteiger partial charge >= 0.3 is 5.97 Å². The van der Waals surface area contributed by atoms with Crippen molar-refractivity contribution >= 4 is 5.97 Å². The third-order valence-electron chi connectivity index (χ3n) is 5.93. The Hall–Kier alpha value is -3.24. The van der Waals surface area contributed by atoms with Crippen molar-refractivity contribution < 1.29 is 19.0 Å². The number of carbonyl (C=O) groups excluding carboxylic acids is 1. The molecule has 0 aliphatic heterocycles. The maximum atomic E-state index is 14.8. The maximum Gasteiger partial charge on any atom is 0.333 e. The van der Waals surface area contributed by atoms with Crippen LogP contribution in [0.1, 0.15) is 49.8 Å². The van der Waals surface area contributed by atoms with E-state index in [2.05, 4.69) is 13.5 Å². The third kappa shape index (κ3) is 6.64. The van der Waals surface area contributed by atoms with Gasteiger partial charge in [-0.2, -0.15) is 0 Å². The van der Waals surface area contributed by atoms with Gasteiger partial charge in [0.2, 0.25) is 0 Å². The van der Waals surface area contributed by atoms with E-state index in [1.54, 1.807) is 13.0 Å². The number of esters is 1. The van der Waals surface area contributed by atoms with E-state index in [0.29, 0.717) is 17.6 Å². The monoisotopic (exact) mass is 460 g/mol. The average molecular weight is 461 g/mol. The van der Waals surface area contributed by atoms with Crippen LogP contribution in [0.2, 0.25) is 0 Å². The average Bonchev–Trinajstić information content (AvgIpc) is 2.84. The van der Waals surface area contributed by atoms with Crippen LogP contribution in [0.25, 0.3) is 22.3 Å². The number of aliphatic hydroxyl groups is 1. The van der Waals surface area contributed by atoms with Crippen molar-refractivity contribution in [2.75, 3.05) is 6.61 Å². The minimum atomic E-state index is -0.442. The molecule has 0 saturated carbocycles. The lowest BCUT2D eigenvalue weighted by Crippen LogP contribution is -2.07. The zero-order chi connectivity index (χ0) is 24.5. The summed E-state index contributed by atoms with van der Waals surface area (Å²) in [4.78, 5) is 11.8. The second-order valence-electron chi connectivity index (χ2n) is 8.66. The van der Waals surface area contributed by atoms with Crippen molar-refractivity contribution in [2.45, 2.75) is 52.6 Å². The third-order valence-corrected chi connectivity index (χ3v) is 5.93. The van der Waals surface area contributed by atoms with E-state index >= 15 is 0 Å². The fraction of sp³-hybridized carbons (Fsp3) is 0.300. The summed E-state index contributed by atoms with van der Waals surface area (Å²) in [6, 6.07) is 19.2. The van der Waals surface area contributed by atoms with Crippen LogP contribution in [0.3, 0.4) is 0 Å². The number of unbranched alkanes of at least 4 members (excludes halogenated alkanes) is 2. The number of hydrogen-bond acceptors (Lipinski definition) is 3. The number of benzene rings is 3. The van der Waals surface area contributed by atoms with E-state index in [-0.39, 0.29) is 19.0 Å².